The molecular weight excluding hydrogens is 261 g/mol. The van der Waals surface area contributed by atoms with Gasteiger partial charge in [0.1, 0.15) is 12.1 Å². The van der Waals surface area contributed by atoms with E-state index in [9.17, 15) is 18.0 Å². The average molecular weight is 267 g/mol. The molecule has 0 spiro atoms. The molecule has 0 saturated carbocycles. The minimum Gasteiger partial charge on any atom is -0.303 e. The number of halogens is 4. The first-order valence-electron chi connectivity index (χ1n) is 3.83. The molecule has 0 radical (unpaired) electrons. The van der Waals surface area contributed by atoms with Crippen molar-refractivity contribution in [2.75, 3.05) is 0 Å². The molecule has 0 aliphatic rings. The lowest BCUT2D eigenvalue weighted by Crippen LogP contribution is -1.98. The van der Waals surface area contributed by atoms with E-state index in [1.807, 2.05) is 0 Å². The molecule has 0 saturated heterocycles. The van der Waals surface area contributed by atoms with E-state index in [0.29, 0.717) is 6.29 Å². The molecule has 0 unspecified atom stereocenters. The van der Waals surface area contributed by atoms with E-state index in [0.717, 1.165) is 6.07 Å². The first-order valence-corrected chi connectivity index (χ1v) is 4.62. The van der Waals surface area contributed by atoms with Crippen molar-refractivity contribution < 1.29 is 18.0 Å². The quantitative estimate of drug-likeness (QED) is 0.467. The van der Waals surface area contributed by atoms with Crippen LogP contribution in [0.5, 0.6) is 0 Å². The van der Waals surface area contributed by atoms with Crippen LogP contribution in [0.25, 0.3) is 0 Å². The smallest absolute Gasteiger partial charge is 0.175 e. The van der Waals surface area contributed by atoms with Crippen LogP contribution in [-0.4, -0.2) is 6.29 Å². The van der Waals surface area contributed by atoms with Gasteiger partial charge in [0.05, 0.1) is 4.47 Å². The Bertz CT molecular complexity index is 366. The highest BCUT2D eigenvalue weighted by molar-refractivity contribution is 9.10. The summed E-state index contributed by atoms with van der Waals surface area (Å²) in [5.74, 6) is -3.23. The Morgan fingerprint density at radius 1 is 1.29 bits per heavy atom. The van der Waals surface area contributed by atoms with Gasteiger partial charge in [-0.2, -0.15) is 0 Å². The zero-order chi connectivity index (χ0) is 10.7. The largest absolute Gasteiger partial charge is 0.303 e. The van der Waals surface area contributed by atoms with Crippen molar-refractivity contribution in [3.8, 4) is 0 Å². The van der Waals surface area contributed by atoms with Crippen LogP contribution < -0.4 is 0 Å². The highest BCUT2D eigenvalue weighted by Crippen LogP contribution is 2.25. The van der Waals surface area contributed by atoms with Crippen LogP contribution in [-0.2, 0) is 11.2 Å². The zero-order valence-electron chi connectivity index (χ0n) is 6.99. The Kier molecular flexibility index (Phi) is 3.69. The lowest BCUT2D eigenvalue weighted by Gasteiger charge is -2.04. The second kappa shape index (κ2) is 4.59. The summed E-state index contributed by atoms with van der Waals surface area (Å²) in [6, 6.07) is 0.763. The van der Waals surface area contributed by atoms with Gasteiger partial charge in [-0.05, 0) is 34.0 Å². The molecule has 1 aromatic rings. The number of hydrogen-bond acceptors (Lipinski definition) is 1. The highest BCUT2D eigenvalue weighted by Gasteiger charge is 2.15. The van der Waals surface area contributed by atoms with Crippen molar-refractivity contribution in [3.05, 3.63) is 33.6 Å². The van der Waals surface area contributed by atoms with Gasteiger partial charge in [0.2, 0.25) is 0 Å². The molecule has 0 aliphatic carbocycles. The number of carbonyl (C=O) groups is 1. The second-order valence-electron chi connectivity index (χ2n) is 2.66. The van der Waals surface area contributed by atoms with Crippen LogP contribution in [0.15, 0.2) is 10.5 Å². The Hall–Kier alpha value is -0.840. The Labute approximate surface area is 87.1 Å². The van der Waals surface area contributed by atoms with Crippen LogP contribution in [0.3, 0.4) is 0 Å². The van der Waals surface area contributed by atoms with Crippen molar-refractivity contribution in [1.82, 2.24) is 0 Å². The van der Waals surface area contributed by atoms with Crippen LogP contribution in [0.4, 0.5) is 13.2 Å². The predicted molar refractivity (Wildman–Crippen MR) is 48.4 cm³/mol. The van der Waals surface area contributed by atoms with Gasteiger partial charge in [0, 0.05) is 6.42 Å². The Balaban J connectivity index is 3.12. The minimum atomic E-state index is -1.25. The van der Waals surface area contributed by atoms with Crippen molar-refractivity contribution in [3.63, 3.8) is 0 Å². The summed E-state index contributed by atoms with van der Waals surface area (Å²) in [5, 5.41) is 0. The lowest BCUT2D eigenvalue weighted by atomic mass is 10.1. The summed E-state index contributed by atoms with van der Waals surface area (Å²) >= 11 is 2.59. The first-order chi connectivity index (χ1) is 6.57. The third-order valence-electron chi connectivity index (χ3n) is 1.71. The minimum absolute atomic E-state index is 0.0112. The van der Waals surface area contributed by atoms with E-state index in [2.05, 4.69) is 15.9 Å². The van der Waals surface area contributed by atoms with E-state index in [-0.39, 0.29) is 18.4 Å². The molecule has 5 heteroatoms. The molecule has 76 valence electrons. The molecular formula is C9H6BrF3O. The molecule has 14 heavy (non-hydrogen) atoms. The molecule has 0 heterocycles. The summed E-state index contributed by atoms with van der Waals surface area (Å²) in [7, 11) is 0. The van der Waals surface area contributed by atoms with Gasteiger partial charge >= 0.3 is 0 Å². The lowest BCUT2D eigenvalue weighted by molar-refractivity contribution is -0.107. The van der Waals surface area contributed by atoms with Gasteiger partial charge in [-0.1, -0.05) is 0 Å². The van der Waals surface area contributed by atoms with Crippen molar-refractivity contribution >= 4 is 22.2 Å². The molecule has 0 atom stereocenters. The fourth-order valence-electron chi connectivity index (χ4n) is 1.02. The van der Waals surface area contributed by atoms with Crippen LogP contribution in [0.2, 0.25) is 0 Å². The van der Waals surface area contributed by atoms with E-state index in [1.165, 1.54) is 0 Å². The molecule has 0 aromatic heterocycles. The molecule has 0 N–H and O–H groups in total. The summed E-state index contributed by atoms with van der Waals surface area (Å²) in [5.41, 5.74) is -0.0112. The third kappa shape index (κ3) is 2.15. The molecule has 1 nitrogen and oxygen atoms in total. The first kappa shape index (κ1) is 11.2. The maximum Gasteiger partial charge on any atom is 0.175 e. The summed E-state index contributed by atoms with van der Waals surface area (Å²) in [6.45, 7) is 0. The number of rotatable bonds is 3. The molecule has 1 aromatic carbocycles. The van der Waals surface area contributed by atoms with Gasteiger partial charge in [0.25, 0.3) is 0 Å². The van der Waals surface area contributed by atoms with Crippen molar-refractivity contribution in [2.24, 2.45) is 0 Å². The molecule has 0 bridgehead atoms. The monoisotopic (exact) mass is 266 g/mol. The van der Waals surface area contributed by atoms with E-state index >= 15 is 0 Å². The molecule has 0 fully saturated rings. The predicted octanol–water partition coefficient (Wildman–Crippen LogP) is 3.00. The number of benzene rings is 1. The van der Waals surface area contributed by atoms with Crippen LogP contribution in [0, 0.1) is 17.5 Å². The van der Waals surface area contributed by atoms with Gasteiger partial charge < -0.3 is 4.79 Å². The maximum atomic E-state index is 13.2. The summed E-state index contributed by atoms with van der Waals surface area (Å²) < 4.78 is 38.2. The number of aryl methyl sites for hydroxylation is 1. The third-order valence-corrected chi connectivity index (χ3v) is 2.41. The summed E-state index contributed by atoms with van der Waals surface area (Å²) in [4.78, 5) is 10.0. The van der Waals surface area contributed by atoms with E-state index in [1.54, 1.807) is 0 Å². The number of aldehydes is 1. The standard InChI is InChI=1S/C9H6BrF3O/c10-7-8(12)5(2-1-3-14)4-6(11)9(7)13/h3-4H,1-2H2. The van der Waals surface area contributed by atoms with Crippen molar-refractivity contribution in [2.45, 2.75) is 12.8 Å². The molecule has 1 rings (SSSR count). The topological polar surface area (TPSA) is 17.1 Å². The zero-order valence-corrected chi connectivity index (χ0v) is 8.58. The van der Waals surface area contributed by atoms with E-state index < -0.39 is 21.9 Å². The summed E-state index contributed by atoms with van der Waals surface area (Å²) in [6.07, 6.45) is 0.730. The van der Waals surface area contributed by atoms with Crippen molar-refractivity contribution in [1.29, 1.82) is 0 Å². The molecule has 0 aliphatic heterocycles. The van der Waals surface area contributed by atoms with Gasteiger partial charge in [0.15, 0.2) is 11.6 Å². The van der Waals surface area contributed by atoms with Gasteiger partial charge in [-0.25, -0.2) is 13.2 Å². The Morgan fingerprint density at radius 2 is 1.93 bits per heavy atom. The molecule has 0 amide bonds. The number of carbonyl (C=O) groups excluding carboxylic acids is 1. The Morgan fingerprint density at radius 3 is 2.50 bits per heavy atom. The van der Waals surface area contributed by atoms with Gasteiger partial charge in [-0.3, -0.25) is 0 Å². The number of hydrogen-bond donors (Lipinski definition) is 0. The fourth-order valence-corrected chi connectivity index (χ4v) is 1.46. The average Bonchev–Trinajstić information content (AvgIpc) is 2.18. The second-order valence-corrected chi connectivity index (χ2v) is 3.46. The van der Waals surface area contributed by atoms with Gasteiger partial charge in [-0.15, -0.1) is 0 Å². The SMILES string of the molecule is O=CCCc1cc(F)c(F)c(Br)c1F. The van der Waals surface area contributed by atoms with Crippen LogP contribution >= 0.6 is 15.9 Å². The van der Waals surface area contributed by atoms with E-state index in [4.69, 9.17) is 0 Å². The fraction of sp³-hybridized carbons (Fsp3) is 0.222. The van der Waals surface area contributed by atoms with Crippen LogP contribution in [0.1, 0.15) is 12.0 Å². The maximum absolute atomic E-state index is 13.2. The normalized spacial score (nSPS) is 10.3. The highest BCUT2D eigenvalue weighted by atomic mass is 79.9.